The molecular weight excluding hydrogens is 537 g/mol. The molecule has 1 unspecified atom stereocenters. The van der Waals surface area contributed by atoms with Gasteiger partial charge in [-0.2, -0.15) is 0 Å². The van der Waals surface area contributed by atoms with Crippen molar-refractivity contribution in [2.75, 3.05) is 25.9 Å². The van der Waals surface area contributed by atoms with E-state index >= 15 is 0 Å². The summed E-state index contributed by atoms with van der Waals surface area (Å²) in [7, 11) is 0. The summed E-state index contributed by atoms with van der Waals surface area (Å²) in [4.78, 5) is 51.6. The predicted octanol–water partition coefficient (Wildman–Crippen LogP) is 3.97. The fourth-order valence-electron chi connectivity index (χ4n) is 3.84. The minimum atomic E-state index is -1.27. The molecule has 1 heterocycles. The number of nitrogens with zero attached hydrogens (tertiary/aromatic N) is 1. The van der Waals surface area contributed by atoms with E-state index in [2.05, 4.69) is 10.6 Å². The lowest BCUT2D eigenvalue weighted by Gasteiger charge is -2.31. The normalized spacial score (nSPS) is 14.8. The summed E-state index contributed by atoms with van der Waals surface area (Å²) >= 11 is 14.0. The lowest BCUT2D eigenvalue weighted by molar-refractivity contribution is -0.142. The van der Waals surface area contributed by atoms with E-state index in [-0.39, 0.29) is 12.5 Å². The van der Waals surface area contributed by atoms with E-state index in [1.807, 2.05) is 12.3 Å². The van der Waals surface area contributed by atoms with Crippen LogP contribution in [0.5, 0.6) is 0 Å². The average Bonchev–Trinajstić information content (AvgIpc) is 2.91. The Morgan fingerprint density at radius 1 is 1.08 bits per heavy atom. The van der Waals surface area contributed by atoms with Crippen LogP contribution in [0.2, 0.25) is 10.0 Å². The van der Waals surface area contributed by atoms with Crippen molar-refractivity contribution in [2.45, 2.75) is 23.8 Å². The van der Waals surface area contributed by atoms with Crippen molar-refractivity contribution in [3.05, 3.63) is 69.7 Å². The number of likely N-dealkylation sites (tertiary alicyclic amines) is 1. The lowest BCUT2D eigenvalue weighted by Crippen LogP contribution is -2.51. The number of nitrogens with one attached hydrogen (secondary N) is 2. The summed E-state index contributed by atoms with van der Waals surface area (Å²) in [6.07, 6.45) is 5.71. The highest BCUT2D eigenvalue weighted by molar-refractivity contribution is 7.98. The maximum Gasteiger partial charge on any atom is 0.328 e. The molecule has 0 saturated carbocycles. The molecule has 37 heavy (non-hydrogen) atoms. The largest absolute Gasteiger partial charge is 0.480 e. The van der Waals surface area contributed by atoms with Crippen molar-refractivity contribution in [1.29, 1.82) is 0 Å². The third-order valence-corrected chi connectivity index (χ3v) is 7.79. The number of rotatable bonds is 9. The maximum atomic E-state index is 12.7. The van der Waals surface area contributed by atoms with Crippen molar-refractivity contribution in [3.63, 3.8) is 0 Å². The lowest BCUT2D eigenvalue weighted by atomic mass is 9.95. The van der Waals surface area contributed by atoms with Gasteiger partial charge in [-0.25, -0.2) is 4.79 Å². The Balaban J connectivity index is 1.50. The van der Waals surface area contributed by atoms with Crippen LogP contribution in [-0.2, 0) is 14.4 Å². The summed E-state index contributed by atoms with van der Waals surface area (Å²) in [6, 6.07) is 10.8. The predicted molar refractivity (Wildman–Crippen MR) is 145 cm³/mol. The quantitative estimate of drug-likeness (QED) is 0.314. The molecule has 1 saturated heterocycles. The molecule has 11 heteroatoms. The minimum absolute atomic E-state index is 0.216. The highest BCUT2D eigenvalue weighted by Gasteiger charge is 2.30. The monoisotopic (exact) mass is 563 g/mol. The Bertz CT molecular complexity index is 1180. The first-order chi connectivity index (χ1) is 17.7. The number of piperidine rings is 1. The van der Waals surface area contributed by atoms with Crippen molar-refractivity contribution < 1.29 is 24.3 Å². The molecule has 0 aliphatic carbocycles. The molecule has 3 N–H and O–H groups in total. The number of amides is 3. The van der Waals surface area contributed by atoms with Crippen LogP contribution < -0.4 is 10.6 Å². The Morgan fingerprint density at radius 2 is 1.76 bits per heavy atom. The summed E-state index contributed by atoms with van der Waals surface area (Å²) in [5.41, 5.74) is 1.03. The molecule has 3 rings (SSSR count). The van der Waals surface area contributed by atoms with Gasteiger partial charge in [-0.15, -0.1) is 11.8 Å². The van der Waals surface area contributed by atoms with Gasteiger partial charge in [0, 0.05) is 42.1 Å². The van der Waals surface area contributed by atoms with Gasteiger partial charge in [-0.3, -0.25) is 14.4 Å². The highest BCUT2D eigenvalue weighted by Crippen LogP contribution is 2.35. The molecule has 0 aromatic heterocycles. The summed E-state index contributed by atoms with van der Waals surface area (Å²) in [5.74, 6) is -2.74. The SMILES string of the molecule is CSc1ccc(/C=C/C(=O)N2CCC(C(=O)NC(CNC(=O)c3ccccc3)C(=O)O)CC2)c(Cl)c1Cl. The minimum Gasteiger partial charge on any atom is -0.480 e. The Hall–Kier alpha value is -3.01. The molecular formula is C26H27Cl2N3O5S. The number of halogens is 2. The molecule has 1 fully saturated rings. The second-order valence-corrected chi connectivity index (χ2v) is 10.00. The van der Waals surface area contributed by atoms with Crippen LogP contribution >= 0.6 is 35.0 Å². The molecule has 8 nitrogen and oxygen atoms in total. The first kappa shape index (κ1) is 28.6. The van der Waals surface area contributed by atoms with E-state index in [0.717, 1.165) is 4.90 Å². The third kappa shape index (κ3) is 7.74. The molecule has 2 aromatic rings. The molecule has 3 amide bonds. The Morgan fingerprint density at radius 3 is 2.38 bits per heavy atom. The number of thioether (sulfide) groups is 1. The number of carboxylic acid groups (broad SMARTS) is 1. The fraction of sp³-hybridized carbons (Fsp3) is 0.308. The summed E-state index contributed by atoms with van der Waals surface area (Å²) in [5, 5.41) is 15.4. The van der Waals surface area contributed by atoms with Crippen LogP contribution in [0.15, 0.2) is 53.4 Å². The van der Waals surface area contributed by atoms with Crippen LogP contribution in [0.4, 0.5) is 0 Å². The number of hydrogen-bond acceptors (Lipinski definition) is 5. The van der Waals surface area contributed by atoms with Crippen LogP contribution in [0, 0.1) is 5.92 Å². The van der Waals surface area contributed by atoms with Gasteiger partial charge >= 0.3 is 5.97 Å². The maximum absolute atomic E-state index is 12.7. The molecule has 0 spiro atoms. The van der Waals surface area contributed by atoms with Gasteiger partial charge in [-0.1, -0.05) is 47.5 Å². The van der Waals surface area contributed by atoms with Gasteiger partial charge in [0.15, 0.2) is 0 Å². The Labute approximate surface area is 229 Å². The van der Waals surface area contributed by atoms with Gasteiger partial charge in [0.2, 0.25) is 11.8 Å². The zero-order chi connectivity index (χ0) is 26.9. The van der Waals surface area contributed by atoms with Crippen LogP contribution in [-0.4, -0.2) is 65.6 Å². The summed E-state index contributed by atoms with van der Waals surface area (Å²) < 4.78 is 0. The van der Waals surface area contributed by atoms with Gasteiger partial charge in [0.1, 0.15) is 6.04 Å². The average molecular weight is 564 g/mol. The number of carboxylic acids is 1. The first-order valence-electron chi connectivity index (χ1n) is 11.6. The molecule has 1 aliphatic heterocycles. The van der Waals surface area contributed by atoms with Crippen LogP contribution in [0.25, 0.3) is 6.08 Å². The summed E-state index contributed by atoms with van der Waals surface area (Å²) in [6.45, 7) is 0.453. The van der Waals surface area contributed by atoms with E-state index in [9.17, 15) is 24.3 Å². The van der Waals surface area contributed by atoms with E-state index in [4.69, 9.17) is 23.2 Å². The van der Waals surface area contributed by atoms with Crippen molar-refractivity contribution in [3.8, 4) is 0 Å². The number of benzene rings is 2. The van der Waals surface area contributed by atoms with Crippen molar-refractivity contribution in [1.82, 2.24) is 15.5 Å². The van der Waals surface area contributed by atoms with Crippen LogP contribution in [0.1, 0.15) is 28.8 Å². The zero-order valence-electron chi connectivity index (χ0n) is 20.1. The molecule has 196 valence electrons. The zero-order valence-corrected chi connectivity index (χ0v) is 22.4. The van der Waals surface area contributed by atoms with Gasteiger partial charge in [-0.05, 0) is 48.9 Å². The molecule has 1 atom stereocenters. The molecule has 2 aromatic carbocycles. The molecule has 1 aliphatic rings. The van der Waals surface area contributed by atoms with Gasteiger partial charge in [0.25, 0.3) is 5.91 Å². The first-order valence-corrected chi connectivity index (χ1v) is 13.5. The van der Waals surface area contributed by atoms with Gasteiger partial charge in [0.05, 0.1) is 10.0 Å². The van der Waals surface area contributed by atoms with E-state index in [1.54, 1.807) is 47.4 Å². The topological polar surface area (TPSA) is 116 Å². The number of carbonyl (C=O) groups excluding carboxylic acids is 3. The highest BCUT2D eigenvalue weighted by atomic mass is 35.5. The molecule has 0 radical (unpaired) electrons. The van der Waals surface area contributed by atoms with Gasteiger partial charge < -0.3 is 20.6 Å². The smallest absolute Gasteiger partial charge is 0.328 e. The second kappa shape index (κ2) is 13.5. The Kier molecular flexibility index (Phi) is 10.4. The van der Waals surface area contributed by atoms with Crippen molar-refractivity contribution >= 4 is 64.7 Å². The van der Waals surface area contributed by atoms with E-state index < -0.39 is 29.7 Å². The number of hydrogen-bond donors (Lipinski definition) is 3. The van der Waals surface area contributed by atoms with E-state index in [1.165, 1.54) is 17.8 Å². The fourth-order valence-corrected chi connectivity index (χ4v) is 5.01. The molecule has 0 bridgehead atoms. The van der Waals surface area contributed by atoms with E-state index in [0.29, 0.717) is 47.1 Å². The van der Waals surface area contributed by atoms with Crippen LogP contribution in [0.3, 0.4) is 0 Å². The van der Waals surface area contributed by atoms with Crippen molar-refractivity contribution in [2.24, 2.45) is 5.92 Å². The number of carbonyl (C=O) groups is 4. The third-order valence-electron chi connectivity index (χ3n) is 6.00. The second-order valence-electron chi connectivity index (χ2n) is 8.39. The standard InChI is InChI=1S/C26H27Cl2N3O5S/c1-37-20-9-7-16(22(27)23(20)28)8-10-21(32)31-13-11-18(12-14-31)25(34)30-19(26(35)36)15-29-24(33)17-5-3-2-4-6-17/h2-10,18-19H,11-15H2,1H3,(H,29,33)(H,30,34)(H,35,36)/b10-8+. The number of aliphatic carboxylic acids is 1.